The van der Waals surface area contributed by atoms with E-state index in [0.717, 1.165) is 28.4 Å². The maximum absolute atomic E-state index is 13.5. The summed E-state index contributed by atoms with van der Waals surface area (Å²) in [6.07, 6.45) is 2.18. The van der Waals surface area contributed by atoms with Crippen LogP contribution in [0.4, 0.5) is 0 Å². The molecule has 3 aromatic rings. The zero-order chi connectivity index (χ0) is 25.0. The van der Waals surface area contributed by atoms with E-state index >= 15 is 0 Å². The van der Waals surface area contributed by atoms with Gasteiger partial charge in [0.15, 0.2) is 6.61 Å². The molecule has 0 fully saturated rings. The number of rotatable bonds is 12. The molecular formula is C29H33BrN2O3. The minimum absolute atomic E-state index is 0.147. The topological polar surface area (TPSA) is 58.6 Å². The van der Waals surface area contributed by atoms with Gasteiger partial charge >= 0.3 is 0 Å². The van der Waals surface area contributed by atoms with Gasteiger partial charge in [-0.3, -0.25) is 9.59 Å². The van der Waals surface area contributed by atoms with Crippen LogP contribution in [0, 0.1) is 0 Å². The minimum atomic E-state index is -0.665. The Morgan fingerprint density at radius 1 is 0.914 bits per heavy atom. The molecule has 5 nitrogen and oxygen atoms in total. The van der Waals surface area contributed by atoms with Gasteiger partial charge in [-0.2, -0.15) is 0 Å². The fraction of sp³-hybridized carbons (Fsp3) is 0.310. The average molecular weight is 537 g/mol. The first kappa shape index (κ1) is 26.5. The standard InChI is InChI=1S/C29H33BrN2O3/c1-3-17-31-29(34)27(19-23-9-6-5-7-10-23)32(20-24-11-8-12-25(30)18-24)28(33)21-35-26-15-13-22(4-2)14-16-26/h5-16,18,27H,3-4,17,19-21H2,1-2H3,(H,31,34)/t27-/m1/s1. The van der Waals surface area contributed by atoms with Crippen molar-refractivity contribution in [2.45, 2.75) is 45.7 Å². The number of nitrogens with one attached hydrogen (secondary N) is 1. The van der Waals surface area contributed by atoms with Crippen LogP contribution in [0.15, 0.2) is 83.3 Å². The number of carbonyl (C=O) groups is 2. The van der Waals surface area contributed by atoms with Crippen LogP contribution in [0.2, 0.25) is 0 Å². The predicted molar refractivity (Wildman–Crippen MR) is 143 cm³/mol. The number of amides is 2. The maximum atomic E-state index is 13.5. The zero-order valence-electron chi connectivity index (χ0n) is 20.4. The highest BCUT2D eigenvalue weighted by Gasteiger charge is 2.30. The van der Waals surface area contributed by atoms with Crippen molar-refractivity contribution in [3.8, 4) is 5.75 Å². The first-order valence-electron chi connectivity index (χ1n) is 12.1. The van der Waals surface area contributed by atoms with E-state index in [1.165, 1.54) is 5.56 Å². The summed E-state index contributed by atoms with van der Waals surface area (Å²) < 4.78 is 6.76. The zero-order valence-corrected chi connectivity index (χ0v) is 22.0. The van der Waals surface area contributed by atoms with E-state index in [-0.39, 0.29) is 18.4 Å². The Labute approximate surface area is 216 Å². The van der Waals surface area contributed by atoms with Gasteiger partial charge in [0.1, 0.15) is 11.8 Å². The molecule has 1 atom stereocenters. The van der Waals surface area contributed by atoms with Crippen molar-refractivity contribution in [1.29, 1.82) is 0 Å². The second kappa shape index (κ2) is 13.7. The van der Waals surface area contributed by atoms with E-state index in [1.807, 2.05) is 85.8 Å². The third kappa shape index (κ3) is 8.25. The van der Waals surface area contributed by atoms with Gasteiger partial charge in [-0.15, -0.1) is 0 Å². The Morgan fingerprint density at radius 3 is 2.29 bits per heavy atom. The van der Waals surface area contributed by atoms with Crippen molar-refractivity contribution < 1.29 is 14.3 Å². The second-order valence-electron chi connectivity index (χ2n) is 8.43. The lowest BCUT2D eigenvalue weighted by Crippen LogP contribution is -2.51. The molecular weight excluding hydrogens is 504 g/mol. The number of aryl methyl sites for hydroxylation is 1. The van der Waals surface area contributed by atoms with Gasteiger partial charge in [0.25, 0.3) is 5.91 Å². The molecule has 0 aromatic heterocycles. The molecule has 6 heteroatoms. The van der Waals surface area contributed by atoms with E-state index in [1.54, 1.807) is 4.90 Å². The summed E-state index contributed by atoms with van der Waals surface area (Å²) in [4.78, 5) is 28.5. The largest absolute Gasteiger partial charge is 0.484 e. The van der Waals surface area contributed by atoms with Gasteiger partial charge in [0.2, 0.25) is 5.91 Å². The van der Waals surface area contributed by atoms with Crippen molar-refractivity contribution in [2.75, 3.05) is 13.2 Å². The number of carbonyl (C=O) groups excluding carboxylic acids is 2. The quantitative estimate of drug-likeness (QED) is 0.329. The number of benzene rings is 3. The smallest absolute Gasteiger partial charge is 0.261 e. The second-order valence-corrected chi connectivity index (χ2v) is 9.35. The van der Waals surface area contributed by atoms with Crippen molar-refractivity contribution in [3.05, 3.63) is 100 Å². The molecule has 0 bridgehead atoms. The van der Waals surface area contributed by atoms with E-state index in [9.17, 15) is 9.59 Å². The third-order valence-electron chi connectivity index (χ3n) is 5.76. The fourth-order valence-corrected chi connectivity index (χ4v) is 4.25. The van der Waals surface area contributed by atoms with Crippen molar-refractivity contribution in [2.24, 2.45) is 0 Å². The Bertz CT molecular complexity index is 1090. The van der Waals surface area contributed by atoms with E-state index in [2.05, 4.69) is 28.2 Å². The summed E-state index contributed by atoms with van der Waals surface area (Å²) in [7, 11) is 0. The predicted octanol–water partition coefficient (Wildman–Crippen LogP) is 5.56. The van der Waals surface area contributed by atoms with Gasteiger partial charge in [0, 0.05) is 24.0 Å². The summed E-state index contributed by atoms with van der Waals surface area (Å²) in [6.45, 7) is 4.81. The molecule has 0 saturated heterocycles. The summed E-state index contributed by atoms with van der Waals surface area (Å²) in [5.41, 5.74) is 3.13. The minimum Gasteiger partial charge on any atom is -0.484 e. The lowest BCUT2D eigenvalue weighted by Gasteiger charge is -2.31. The lowest BCUT2D eigenvalue weighted by molar-refractivity contribution is -0.142. The Morgan fingerprint density at radius 2 is 1.63 bits per heavy atom. The van der Waals surface area contributed by atoms with Crippen LogP contribution in [-0.2, 0) is 29.0 Å². The molecule has 0 aliphatic carbocycles. The molecule has 35 heavy (non-hydrogen) atoms. The summed E-state index contributed by atoms with van der Waals surface area (Å²) in [6, 6.07) is 24.7. The lowest BCUT2D eigenvalue weighted by atomic mass is 10.0. The molecule has 2 amide bonds. The molecule has 184 valence electrons. The molecule has 0 aliphatic heterocycles. The Kier molecular flexibility index (Phi) is 10.4. The number of ether oxygens (including phenoxy) is 1. The Hall–Kier alpha value is -3.12. The van der Waals surface area contributed by atoms with Crippen molar-refractivity contribution in [3.63, 3.8) is 0 Å². The van der Waals surface area contributed by atoms with Gasteiger partial charge in [-0.1, -0.05) is 84.4 Å². The van der Waals surface area contributed by atoms with Crippen LogP contribution >= 0.6 is 15.9 Å². The SMILES string of the molecule is CCCNC(=O)[C@@H](Cc1ccccc1)N(Cc1cccc(Br)c1)C(=O)COc1ccc(CC)cc1. The molecule has 0 saturated carbocycles. The van der Waals surface area contributed by atoms with Crippen LogP contribution in [0.3, 0.4) is 0 Å². The number of hydrogen-bond donors (Lipinski definition) is 1. The molecule has 3 rings (SSSR count). The van der Waals surface area contributed by atoms with Crippen LogP contribution < -0.4 is 10.1 Å². The molecule has 0 spiro atoms. The van der Waals surface area contributed by atoms with Crippen LogP contribution in [0.25, 0.3) is 0 Å². The molecule has 3 aromatic carbocycles. The van der Waals surface area contributed by atoms with E-state index in [4.69, 9.17) is 4.74 Å². The summed E-state index contributed by atoms with van der Waals surface area (Å²) in [5, 5.41) is 2.99. The maximum Gasteiger partial charge on any atom is 0.261 e. The van der Waals surface area contributed by atoms with Gasteiger partial charge in [-0.25, -0.2) is 0 Å². The number of halogens is 1. The van der Waals surface area contributed by atoms with Gasteiger partial charge < -0.3 is 15.0 Å². The van der Waals surface area contributed by atoms with E-state index in [0.29, 0.717) is 25.3 Å². The van der Waals surface area contributed by atoms with Crippen LogP contribution in [0.5, 0.6) is 5.75 Å². The Balaban J connectivity index is 1.87. The van der Waals surface area contributed by atoms with Crippen molar-refractivity contribution >= 4 is 27.7 Å². The fourth-order valence-electron chi connectivity index (χ4n) is 3.80. The van der Waals surface area contributed by atoms with Crippen molar-refractivity contribution in [1.82, 2.24) is 10.2 Å². The van der Waals surface area contributed by atoms with Gasteiger partial charge in [0.05, 0.1) is 0 Å². The molecule has 0 radical (unpaired) electrons. The average Bonchev–Trinajstić information content (AvgIpc) is 2.88. The first-order valence-corrected chi connectivity index (χ1v) is 12.9. The van der Waals surface area contributed by atoms with Crippen LogP contribution in [-0.4, -0.2) is 35.9 Å². The summed E-state index contributed by atoms with van der Waals surface area (Å²) in [5.74, 6) is 0.233. The highest BCUT2D eigenvalue weighted by molar-refractivity contribution is 9.10. The van der Waals surface area contributed by atoms with Crippen LogP contribution in [0.1, 0.15) is 37.0 Å². The normalized spacial score (nSPS) is 11.5. The third-order valence-corrected chi connectivity index (χ3v) is 6.25. The first-order chi connectivity index (χ1) is 17.0. The van der Waals surface area contributed by atoms with E-state index < -0.39 is 6.04 Å². The molecule has 0 unspecified atom stereocenters. The summed E-state index contributed by atoms with van der Waals surface area (Å²) >= 11 is 3.51. The molecule has 0 heterocycles. The monoisotopic (exact) mass is 536 g/mol. The molecule has 1 N–H and O–H groups in total. The highest BCUT2D eigenvalue weighted by Crippen LogP contribution is 2.19. The van der Waals surface area contributed by atoms with Gasteiger partial charge in [-0.05, 0) is 53.8 Å². The molecule has 0 aliphatic rings. The number of hydrogen-bond acceptors (Lipinski definition) is 3. The number of nitrogens with zero attached hydrogens (tertiary/aromatic N) is 1. The highest BCUT2D eigenvalue weighted by atomic mass is 79.9.